The van der Waals surface area contributed by atoms with Crippen molar-refractivity contribution in [3.63, 3.8) is 0 Å². The molecule has 0 bridgehead atoms. The lowest BCUT2D eigenvalue weighted by molar-refractivity contribution is -0.137. The predicted octanol–water partition coefficient (Wildman–Crippen LogP) is 4.14. The van der Waals surface area contributed by atoms with Crippen LogP contribution in [0.15, 0.2) is 30.3 Å². The van der Waals surface area contributed by atoms with Gasteiger partial charge < -0.3 is 15.4 Å². The summed E-state index contributed by atoms with van der Waals surface area (Å²) in [6.07, 6.45) is -2.11. The summed E-state index contributed by atoms with van der Waals surface area (Å²) in [4.78, 5) is 8.67. The molecule has 134 valence electrons. The van der Waals surface area contributed by atoms with Crippen molar-refractivity contribution in [1.82, 2.24) is 9.97 Å². The molecular formula is C17H19F3N4O. The first-order chi connectivity index (χ1) is 11.9. The smallest absolute Gasteiger partial charge is 0.376 e. The molecule has 3 rings (SSSR count). The summed E-state index contributed by atoms with van der Waals surface area (Å²) in [6, 6.07) is 6.55. The summed E-state index contributed by atoms with van der Waals surface area (Å²) >= 11 is 0. The number of anilines is 3. The number of aromatic nitrogens is 2. The van der Waals surface area contributed by atoms with E-state index >= 15 is 0 Å². The SMILES string of the molecule is Cc1cc(Nc2ccc(C(F)(F)F)cc2)nc(NCC2CCCO2)n1. The van der Waals surface area contributed by atoms with E-state index in [-0.39, 0.29) is 6.10 Å². The van der Waals surface area contributed by atoms with Crippen molar-refractivity contribution in [3.8, 4) is 0 Å². The molecule has 5 nitrogen and oxygen atoms in total. The Morgan fingerprint density at radius 2 is 1.96 bits per heavy atom. The standard InChI is InChI=1S/C17H19F3N4O/c1-11-9-15(23-13-6-4-12(5-7-13)17(18,19)20)24-16(22-11)21-10-14-3-2-8-25-14/h4-7,9,14H,2-3,8,10H2,1H3,(H2,21,22,23,24). The first-order valence-electron chi connectivity index (χ1n) is 8.05. The lowest BCUT2D eigenvalue weighted by atomic mass is 10.2. The molecule has 25 heavy (non-hydrogen) atoms. The van der Waals surface area contributed by atoms with Gasteiger partial charge >= 0.3 is 6.18 Å². The molecule has 1 aliphatic heterocycles. The molecular weight excluding hydrogens is 333 g/mol. The zero-order valence-electron chi connectivity index (χ0n) is 13.7. The molecule has 1 saturated heterocycles. The van der Waals surface area contributed by atoms with Gasteiger partial charge in [-0.2, -0.15) is 18.2 Å². The van der Waals surface area contributed by atoms with E-state index in [0.29, 0.717) is 24.0 Å². The van der Waals surface area contributed by atoms with Gasteiger partial charge in [-0.25, -0.2) is 4.98 Å². The Labute approximate surface area is 143 Å². The predicted molar refractivity (Wildman–Crippen MR) is 89.0 cm³/mol. The van der Waals surface area contributed by atoms with Crippen molar-refractivity contribution in [2.24, 2.45) is 0 Å². The van der Waals surface area contributed by atoms with Crippen LogP contribution in [0.3, 0.4) is 0 Å². The van der Waals surface area contributed by atoms with Crippen LogP contribution in [-0.4, -0.2) is 29.2 Å². The van der Waals surface area contributed by atoms with E-state index < -0.39 is 11.7 Å². The number of rotatable bonds is 5. The van der Waals surface area contributed by atoms with Gasteiger partial charge in [0.25, 0.3) is 0 Å². The van der Waals surface area contributed by atoms with Gasteiger partial charge in [-0.3, -0.25) is 0 Å². The summed E-state index contributed by atoms with van der Waals surface area (Å²) in [7, 11) is 0. The van der Waals surface area contributed by atoms with Gasteiger partial charge in [0, 0.05) is 30.6 Å². The minimum Gasteiger partial charge on any atom is -0.376 e. The Morgan fingerprint density at radius 1 is 1.20 bits per heavy atom. The van der Waals surface area contributed by atoms with Gasteiger partial charge in [-0.15, -0.1) is 0 Å². The highest BCUT2D eigenvalue weighted by atomic mass is 19.4. The number of nitrogens with zero attached hydrogens (tertiary/aromatic N) is 2. The first kappa shape index (κ1) is 17.5. The van der Waals surface area contributed by atoms with Crippen LogP contribution in [0, 0.1) is 6.92 Å². The number of halogens is 3. The Kier molecular flexibility index (Phi) is 5.08. The Hall–Kier alpha value is -2.35. The van der Waals surface area contributed by atoms with Crippen LogP contribution >= 0.6 is 0 Å². The number of benzene rings is 1. The number of alkyl halides is 3. The quantitative estimate of drug-likeness (QED) is 0.847. The van der Waals surface area contributed by atoms with E-state index in [1.807, 2.05) is 6.92 Å². The zero-order valence-corrected chi connectivity index (χ0v) is 13.7. The van der Waals surface area contributed by atoms with Crippen LogP contribution in [0.5, 0.6) is 0 Å². The maximum atomic E-state index is 12.6. The average Bonchev–Trinajstić information content (AvgIpc) is 3.05. The summed E-state index contributed by atoms with van der Waals surface area (Å²) in [5.41, 5.74) is 0.589. The van der Waals surface area contributed by atoms with Crippen molar-refractivity contribution in [2.45, 2.75) is 32.0 Å². The van der Waals surface area contributed by atoms with E-state index in [1.54, 1.807) is 6.07 Å². The van der Waals surface area contributed by atoms with Crippen LogP contribution in [0.1, 0.15) is 24.1 Å². The number of ether oxygens (including phenoxy) is 1. The number of nitrogens with one attached hydrogen (secondary N) is 2. The largest absolute Gasteiger partial charge is 0.416 e. The Morgan fingerprint density at radius 3 is 2.60 bits per heavy atom. The number of hydrogen-bond donors (Lipinski definition) is 2. The van der Waals surface area contributed by atoms with Gasteiger partial charge in [-0.1, -0.05) is 0 Å². The Bertz CT molecular complexity index is 713. The van der Waals surface area contributed by atoms with Gasteiger partial charge in [0.05, 0.1) is 11.7 Å². The lowest BCUT2D eigenvalue weighted by Crippen LogP contribution is -2.20. The van der Waals surface area contributed by atoms with Crippen molar-refractivity contribution >= 4 is 17.5 Å². The maximum absolute atomic E-state index is 12.6. The highest BCUT2D eigenvalue weighted by Gasteiger charge is 2.29. The minimum atomic E-state index is -4.34. The van der Waals surface area contributed by atoms with Crippen molar-refractivity contribution in [2.75, 3.05) is 23.8 Å². The highest BCUT2D eigenvalue weighted by Crippen LogP contribution is 2.30. The second kappa shape index (κ2) is 7.26. The van der Waals surface area contributed by atoms with Gasteiger partial charge in [-0.05, 0) is 44.0 Å². The van der Waals surface area contributed by atoms with Crippen LogP contribution in [0.2, 0.25) is 0 Å². The molecule has 8 heteroatoms. The van der Waals surface area contributed by atoms with Crippen molar-refractivity contribution in [3.05, 3.63) is 41.6 Å². The molecule has 2 aromatic rings. The van der Waals surface area contributed by atoms with Crippen LogP contribution in [-0.2, 0) is 10.9 Å². The average molecular weight is 352 g/mol. The fraction of sp³-hybridized carbons (Fsp3) is 0.412. The summed E-state index contributed by atoms with van der Waals surface area (Å²) in [5, 5.41) is 6.15. The van der Waals surface area contributed by atoms with E-state index in [9.17, 15) is 13.2 Å². The molecule has 0 aliphatic carbocycles. The molecule has 0 spiro atoms. The molecule has 1 aromatic carbocycles. The van der Waals surface area contributed by atoms with Crippen molar-refractivity contribution < 1.29 is 17.9 Å². The van der Waals surface area contributed by atoms with E-state index in [0.717, 1.165) is 37.3 Å². The number of aryl methyl sites for hydroxylation is 1. The second-order valence-electron chi connectivity index (χ2n) is 5.93. The monoisotopic (exact) mass is 352 g/mol. The van der Waals surface area contributed by atoms with E-state index in [1.165, 1.54) is 12.1 Å². The van der Waals surface area contributed by atoms with Gasteiger partial charge in [0.2, 0.25) is 5.95 Å². The van der Waals surface area contributed by atoms with E-state index in [2.05, 4.69) is 20.6 Å². The molecule has 1 aromatic heterocycles. The molecule has 2 heterocycles. The van der Waals surface area contributed by atoms with E-state index in [4.69, 9.17) is 4.74 Å². The van der Waals surface area contributed by atoms with Crippen LogP contribution < -0.4 is 10.6 Å². The highest BCUT2D eigenvalue weighted by molar-refractivity contribution is 5.58. The fourth-order valence-electron chi connectivity index (χ4n) is 2.61. The Balaban J connectivity index is 1.67. The summed E-state index contributed by atoms with van der Waals surface area (Å²) in [5.74, 6) is 0.979. The normalized spacial score (nSPS) is 17.5. The van der Waals surface area contributed by atoms with Crippen molar-refractivity contribution in [1.29, 1.82) is 0 Å². The first-order valence-corrected chi connectivity index (χ1v) is 8.05. The van der Waals surface area contributed by atoms with Crippen LogP contribution in [0.25, 0.3) is 0 Å². The lowest BCUT2D eigenvalue weighted by Gasteiger charge is -2.13. The molecule has 0 amide bonds. The molecule has 2 N–H and O–H groups in total. The molecule has 0 saturated carbocycles. The molecule has 1 atom stereocenters. The third kappa shape index (κ3) is 4.82. The van der Waals surface area contributed by atoms with Gasteiger partial charge in [0.1, 0.15) is 5.82 Å². The maximum Gasteiger partial charge on any atom is 0.416 e. The fourth-order valence-corrected chi connectivity index (χ4v) is 2.61. The summed E-state index contributed by atoms with van der Waals surface area (Å²) in [6.45, 7) is 3.24. The minimum absolute atomic E-state index is 0.162. The summed E-state index contributed by atoms with van der Waals surface area (Å²) < 4.78 is 43.4. The second-order valence-corrected chi connectivity index (χ2v) is 5.93. The zero-order chi connectivity index (χ0) is 17.9. The molecule has 1 aliphatic rings. The third-order valence-corrected chi connectivity index (χ3v) is 3.85. The third-order valence-electron chi connectivity index (χ3n) is 3.85. The van der Waals surface area contributed by atoms with Gasteiger partial charge in [0.15, 0.2) is 0 Å². The molecule has 1 fully saturated rings. The topological polar surface area (TPSA) is 59.1 Å². The molecule has 0 radical (unpaired) electrons. The number of hydrogen-bond acceptors (Lipinski definition) is 5. The molecule has 1 unspecified atom stereocenters. The van der Waals surface area contributed by atoms with Crippen LogP contribution in [0.4, 0.5) is 30.6 Å².